The molecule has 0 bridgehead atoms. The molecule has 2 aromatic rings. The number of nitrogens with zero attached hydrogens (tertiary/aromatic N) is 2. The van der Waals surface area contributed by atoms with Crippen LogP contribution >= 0.6 is 0 Å². The van der Waals surface area contributed by atoms with Crippen LogP contribution in [-0.2, 0) is 6.42 Å². The molecular weight excluding hydrogens is 241 g/mol. The van der Waals surface area contributed by atoms with Crippen molar-refractivity contribution in [1.82, 2.24) is 15.3 Å². The van der Waals surface area contributed by atoms with Crippen LogP contribution in [0.15, 0.2) is 42.9 Å². The first-order chi connectivity index (χ1) is 9.31. The van der Waals surface area contributed by atoms with Gasteiger partial charge in [-0.25, -0.2) is 4.39 Å². The minimum absolute atomic E-state index is 0.0714. The molecule has 0 saturated carbocycles. The average molecular weight is 259 g/mol. The highest BCUT2D eigenvalue weighted by Gasteiger charge is 2.16. The molecule has 2 aromatic heterocycles. The summed E-state index contributed by atoms with van der Waals surface area (Å²) in [5.41, 5.74) is 1.60. The summed E-state index contributed by atoms with van der Waals surface area (Å²) in [6, 6.07) is 7.44. The van der Waals surface area contributed by atoms with E-state index in [9.17, 15) is 4.39 Å². The molecule has 0 amide bonds. The number of rotatable bonds is 6. The van der Waals surface area contributed by atoms with Gasteiger partial charge < -0.3 is 5.32 Å². The monoisotopic (exact) mass is 259 g/mol. The van der Waals surface area contributed by atoms with Gasteiger partial charge >= 0.3 is 0 Å². The van der Waals surface area contributed by atoms with E-state index in [2.05, 4.69) is 22.2 Å². The lowest BCUT2D eigenvalue weighted by Gasteiger charge is -2.19. The zero-order valence-corrected chi connectivity index (χ0v) is 11.0. The number of hydrogen-bond acceptors (Lipinski definition) is 3. The summed E-state index contributed by atoms with van der Waals surface area (Å²) in [5.74, 6) is -0.271. The molecule has 1 N–H and O–H groups in total. The van der Waals surface area contributed by atoms with Crippen LogP contribution in [0.3, 0.4) is 0 Å². The molecule has 4 heteroatoms. The van der Waals surface area contributed by atoms with E-state index < -0.39 is 0 Å². The fraction of sp³-hybridized carbons (Fsp3) is 0.333. The van der Waals surface area contributed by atoms with Gasteiger partial charge in [-0.3, -0.25) is 9.97 Å². The summed E-state index contributed by atoms with van der Waals surface area (Å²) in [6.45, 7) is 2.94. The Bertz CT molecular complexity index is 502. The van der Waals surface area contributed by atoms with Crippen LogP contribution in [0.5, 0.6) is 0 Å². The Morgan fingerprint density at radius 3 is 2.84 bits per heavy atom. The summed E-state index contributed by atoms with van der Waals surface area (Å²) >= 11 is 0. The molecule has 100 valence electrons. The van der Waals surface area contributed by atoms with Crippen molar-refractivity contribution in [3.8, 4) is 0 Å². The van der Waals surface area contributed by atoms with E-state index in [0.29, 0.717) is 12.0 Å². The largest absolute Gasteiger partial charge is 0.310 e. The second-order valence-electron chi connectivity index (χ2n) is 4.43. The highest BCUT2D eigenvalue weighted by atomic mass is 19.1. The maximum absolute atomic E-state index is 13.8. The van der Waals surface area contributed by atoms with E-state index in [-0.39, 0.29) is 11.9 Å². The predicted octanol–water partition coefficient (Wildman–Crippen LogP) is 2.90. The number of pyridine rings is 2. The Labute approximate surface area is 112 Å². The van der Waals surface area contributed by atoms with Gasteiger partial charge in [0.2, 0.25) is 0 Å². The maximum atomic E-state index is 13.8. The first-order valence-electron chi connectivity index (χ1n) is 6.54. The van der Waals surface area contributed by atoms with Gasteiger partial charge in [0.1, 0.15) is 5.82 Å². The molecule has 19 heavy (non-hydrogen) atoms. The second-order valence-corrected chi connectivity index (χ2v) is 4.43. The lowest BCUT2D eigenvalue weighted by molar-refractivity contribution is 0.491. The molecule has 0 aliphatic carbocycles. The lowest BCUT2D eigenvalue weighted by atomic mass is 10.0. The second kappa shape index (κ2) is 6.95. The van der Waals surface area contributed by atoms with Crippen molar-refractivity contribution in [2.45, 2.75) is 25.8 Å². The molecule has 1 unspecified atom stereocenters. The SMILES string of the molecule is CCCNC(Cc1ccccn1)c1ccncc1F. The van der Waals surface area contributed by atoms with Crippen LogP contribution in [-0.4, -0.2) is 16.5 Å². The van der Waals surface area contributed by atoms with Gasteiger partial charge in [0, 0.05) is 36.1 Å². The molecule has 0 radical (unpaired) electrons. The fourth-order valence-electron chi connectivity index (χ4n) is 2.01. The maximum Gasteiger partial charge on any atom is 0.146 e. The van der Waals surface area contributed by atoms with Crippen LogP contribution in [0.1, 0.15) is 30.6 Å². The Morgan fingerprint density at radius 2 is 2.16 bits per heavy atom. The molecular formula is C15H18FN3. The van der Waals surface area contributed by atoms with Gasteiger partial charge in [-0.1, -0.05) is 13.0 Å². The topological polar surface area (TPSA) is 37.8 Å². The molecule has 0 saturated heterocycles. The van der Waals surface area contributed by atoms with Crippen LogP contribution in [0, 0.1) is 5.82 Å². The summed E-state index contributed by atoms with van der Waals surface area (Å²) in [6.07, 6.45) is 6.31. The molecule has 3 nitrogen and oxygen atoms in total. The van der Waals surface area contributed by atoms with Crippen molar-refractivity contribution < 1.29 is 4.39 Å². The minimum atomic E-state index is -0.271. The third kappa shape index (κ3) is 3.83. The summed E-state index contributed by atoms with van der Waals surface area (Å²) in [4.78, 5) is 8.10. The van der Waals surface area contributed by atoms with Crippen LogP contribution < -0.4 is 5.32 Å². The first kappa shape index (κ1) is 13.6. The quantitative estimate of drug-likeness (QED) is 0.866. The zero-order chi connectivity index (χ0) is 13.5. The predicted molar refractivity (Wildman–Crippen MR) is 73.2 cm³/mol. The molecule has 0 fully saturated rings. The van der Waals surface area contributed by atoms with Crippen molar-refractivity contribution >= 4 is 0 Å². The molecule has 2 heterocycles. The molecule has 0 spiro atoms. The van der Waals surface area contributed by atoms with Gasteiger partial charge in [-0.15, -0.1) is 0 Å². The standard InChI is InChI=1S/C15H18FN3/c1-2-7-19-15(10-12-5-3-4-8-18-12)13-6-9-17-11-14(13)16/h3-6,8-9,11,15,19H,2,7,10H2,1H3. The van der Waals surface area contributed by atoms with Crippen molar-refractivity contribution in [2.24, 2.45) is 0 Å². The third-order valence-electron chi connectivity index (χ3n) is 2.96. The van der Waals surface area contributed by atoms with Crippen molar-refractivity contribution in [1.29, 1.82) is 0 Å². The lowest BCUT2D eigenvalue weighted by Crippen LogP contribution is -2.25. The first-order valence-corrected chi connectivity index (χ1v) is 6.54. The number of hydrogen-bond donors (Lipinski definition) is 1. The molecule has 0 aliphatic heterocycles. The number of halogens is 1. The Morgan fingerprint density at radius 1 is 1.26 bits per heavy atom. The molecule has 0 aliphatic rings. The van der Waals surface area contributed by atoms with Crippen LogP contribution in [0.25, 0.3) is 0 Å². The normalized spacial score (nSPS) is 12.3. The van der Waals surface area contributed by atoms with E-state index in [1.165, 1.54) is 6.20 Å². The van der Waals surface area contributed by atoms with Crippen molar-refractivity contribution in [3.63, 3.8) is 0 Å². The van der Waals surface area contributed by atoms with Crippen molar-refractivity contribution in [2.75, 3.05) is 6.54 Å². The van der Waals surface area contributed by atoms with E-state index in [1.807, 2.05) is 18.2 Å². The minimum Gasteiger partial charge on any atom is -0.310 e. The number of nitrogens with one attached hydrogen (secondary N) is 1. The van der Waals surface area contributed by atoms with Gasteiger partial charge in [-0.05, 0) is 31.2 Å². The van der Waals surface area contributed by atoms with Gasteiger partial charge in [0.05, 0.1) is 6.20 Å². The Balaban J connectivity index is 2.19. The third-order valence-corrected chi connectivity index (χ3v) is 2.96. The molecule has 0 aromatic carbocycles. The zero-order valence-electron chi connectivity index (χ0n) is 11.0. The highest BCUT2D eigenvalue weighted by molar-refractivity contribution is 5.20. The smallest absolute Gasteiger partial charge is 0.146 e. The summed E-state index contributed by atoms with van der Waals surface area (Å²) in [5, 5.41) is 3.37. The average Bonchev–Trinajstić information content (AvgIpc) is 2.45. The van der Waals surface area contributed by atoms with E-state index in [0.717, 1.165) is 18.7 Å². The fourth-order valence-corrected chi connectivity index (χ4v) is 2.01. The Hall–Kier alpha value is -1.81. The van der Waals surface area contributed by atoms with Crippen LogP contribution in [0.2, 0.25) is 0 Å². The highest BCUT2D eigenvalue weighted by Crippen LogP contribution is 2.19. The van der Waals surface area contributed by atoms with E-state index >= 15 is 0 Å². The van der Waals surface area contributed by atoms with Gasteiger partial charge in [0.15, 0.2) is 0 Å². The van der Waals surface area contributed by atoms with Crippen LogP contribution in [0.4, 0.5) is 4.39 Å². The van der Waals surface area contributed by atoms with Gasteiger partial charge in [-0.2, -0.15) is 0 Å². The summed E-state index contributed by atoms with van der Waals surface area (Å²) < 4.78 is 13.8. The molecule has 2 rings (SSSR count). The Kier molecular flexibility index (Phi) is 4.98. The van der Waals surface area contributed by atoms with Gasteiger partial charge in [0.25, 0.3) is 0 Å². The summed E-state index contributed by atoms with van der Waals surface area (Å²) in [7, 11) is 0. The number of aromatic nitrogens is 2. The molecule has 1 atom stereocenters. The van der Waals surface area contributed by atoms with Crippen molar-refractivity contribution in [3.05, 3.63) is 59.9 Å². The van der Waals surface area contributed by atoms with E-state index in [1.54, 1.807) is 18.5 Å². The van der Waals surface area contributed by atoms with E-state index in [4.69, 9.17) is 0 Å².